The Morgan fingerprint density at radius 3 is 2.48 bits per heavy atom. The molecular weight excluding hydrogens is 322 g/mol. The number of phenols is 1. The Kier molecular flexibility index (Phi) is 4.60. The zero-order valence-corrected chi connectivity index (χ0v) is 12.8. The second kappa shape index (κ2) is 6.44. The van der Waals surface area contributed by atoms with Gasteiger partial charge >= 0.3 is 0 Å². The first kappa shape index (κ1) is 16.4. The first-order chi connectivity index (χ1) is 10.8. The number of non-ortho nitro benzene ring substituents is 1. The number of phenolic OH excluding ortho intramolecular Hbond substituents is 1. The van der Waals surface area contributed by atoms with Crippen LogP contribution in [0.3, 0.4) is 0 Å². The van der Waals surface area contributed by atoms with E-state index in [0.29, 0.717) is 0 Å². The number of nitro groups is 1. The van der Waals surface area contributed by atoms with E-state index in [9.17, 15) is 23.6 Å². The smallest absolute Gasteiger partial charge is 0.276 e. The van der Waals surface area contributed by atoms with Crippen molar-refractivity contribution in [1.82, 2.24) is 4.83 Å². The van der Waals surface area contributed by atoms with Crippen LogP contribution in [0.4, 0.5) is 5.69 Å². The fourth-order valence-electron chi connectivity index (χ4n) is 1.69. The van der Waals surface area contributed by atoms with Gasteiger partial charge in [0.15, 0.2) is 0 Å². The average molecular weight is 335 g/mol. The summed E-state index contributed by atoms with van der Waals surface area (Å²) in [6, 6.07) is 9.49. The predicted molar refractivity (Wildman–Crippen MR) is 83.9 cm³/mol. The largest absolute Gasteiger partial charge is 0.507 e. The molecule has 2 aromatic rings. The lowest BCUT2D eigenvalue weighted by atomic mass is 10.2. The third kappa shape index (κ3) is 4.04. The van der Waals surface area contributed by atoms with E-state index in [1.807, 2.05) is 11.8 Å². The molecule has 0 heterocycles. The molecule has 0 unspecified atom stereocenters. The summed E-state index contributed by atoms with van der Waals surface area (Å²) in [5, 5.41) is 23.8. The highest BCUT2D eigenvalue weighted by atomic mass is 32.2. The van der Waals surface area contributed by atoms with Crippen LogP contribution in [0.5, 0.6) is 5.75 Å². The van der Waals surface area contributed by atoms with Crippen molar-refractivity contribution in [2.75, 3.05) is 0 Å². The van der Waals surface area contributed by atoms with Crippen molar-refractivity contribution in [2.24, 2.45) is 5.10 Å². The highest BCUT2D eigenvalue weighted by molar-refractivity contribution is 7.89. The summed E-state index contributed by atoms with van der Waals surface area (Å²) in [6.07, 6.45) is 0.994. The zero-order chi connectivity index (χ0) is 17.0. The Labute approximate surface area is 132 Å². The number of nitrogens with zero attached hydrogens (tertiary/aromatic N) is 2. The summed E-state index contributed by atoms with van der Waals surface area (Å²) in [4.78, 5) is 12.1. The van der Waals surface area contributed by atoms with Crippen molar-refractivity contribution >= 4 is 21.9 Å². The number of aryl methyl sites for hydroxylation is 1. The van der Waals surface area contributed by atoms with E-state index in [1.165, 1.54) is 12.1 Å². The first-order valence-corrected chi connectivity index (χ1v) is 7.87. The van der Waals surface area contributed by atoms with Crippen LogP contribution in [0.25, 0.3) is 0 Å². The van der Waals surface area contributed by atoms with Gasteiger partial charge in [-0.3, -0.25) is 10.1 Å². The first-order valence-electron chi connectivity index (χ1n) is 6.38. The Balaban J connectivity index is 2.19. The highest BCUT2D eigenvalue weighted by Gasteiger charge is 2.12. The third-order valence-electron chi connectivity index (χ3n) is 2.93. The van der Waals surface area contributed by atoms with Crippen LogP contribution in [0.1, 0.15) is 11.1 Å². The molecule has 0 saturated carbocycles. The van der Waals surface area contributed by atoms with Crippen LogP contribution in [-0.4, -0.2) is 24.7 Å². The summed E-state index contributed by atoms with van der Waals surface area (Å²) < 4.78 is 24.0. The van der Waals surface area contributed by atoms with Gasteiger partial charge in [0.2, 0.25) is 0 Å². The molecule has 0 aliphatic rings. The maximum absolute atomic E-state index is 12.0. The SMILES string of the molecule is Cc1ccc(S(=O)(=O)N/N=C\c2cc([N+](=O)[O-])ccc2O)cc1. The quantitative estimate of drug-likeness (QED) is 0.491. The van der Waals surface area contributed by atoms with Gasteiger partial charge in [-0.05, 0) is 25.1 Å². The molecule has 0 bridgehead atoms. The van der Waals surface area contributed by atoms with Gasteiger partial charge in [0.1, 0.15) is 5.75 Å². The number of benzene rings is 2. The summed E-state index contributed by atoms with van der Waals surface area (Å²) in [7, 11) is -3.85. The van der Waals surface area contributed by atoms with E-state index >= 15 is 0 Å². The number of rotatable bonds is 5. The lowest BCUT2D eigenvalue weighted by Gasteiger charge is -2.04. The normalized spacial score (nSPS) is 11.5. The van der Waals surface area contributed by atoms with Crippen LogP contribution >= 0.6 is 0 Å². The molecule has 0 saturated heterocycles. The Morgan fingerprint density at radius 2 is 1.87 bits per heavy atom. The molecule has 0 fully saturated rings. The molecule has 0 aromatic heterocycles. The molecule has 0 atom stereocenters. The van der Waals surface area contributed by atoms with Crippen LogP contribution in [0.2, 0.25) is 0 Å². The number of sulfonamides is 1. The zero-order valence-electron chi connectivity index (χ0n) is 12.0. The average Bonchev–Trinajstić information content (AvgIpc) is 2.49. The van der Waals surface area contributed by atoms with Crippen LogP contribution in [-0.2, 0) is 10.0 Å². The second-order valence-electron chi connectivity index (χ2n) is 4.67. The number of nitro benzene ring substituents is 1. The van der Waals surface area contributed by atoms with E-state index in [0.717, 1.165) is 30.0 Å². The van der Waals surface area contributed by atoms with Crippen molar-refractivity contribution < 1.29 is 18.4 Å². The molecule has 9 heteroatoms. The van der Waals surface area contributed by atoms with Crippen molar-refractivity contribution in [1.29, 1.82) is 0 Å². The number of nitrogens with one attached hydrogen (secondary N) is 1. The minimum Gasteiger partial charge on any atom is -0.507 e. The lowest BCUT2D eigenvalue weighted by Crippen LogP contribution is -2.18. The van der Waals surface area contributed by atoms with E-state index < -0.39 is 14.9 Å². The van der Waals surface area contributed by atoms with Gasteiger partial charge in [0.25, 0.3) is 15.7 Å². The highest BCUT2D eigenvalue weighted by Crippen LogP contribution is 2.21. The Morgan fingerprint density at radius 1 is 1.22 bits per heavy atom. The van der Waals surface area contributed by atoms with Gasteiger partial charge in [-0.2, -0.15) is 13.5 Å². The van der Waals surface area contributed by atoms with Gasteiger partial charge < -0.3 is 5.11 Å². The summed E-state index contributed by atoms with van der Waals surface area (Å²) in [5.74, 6) is -0.256. The van der Waals surface area contributed by atoms with E-state index in [2.05, 4.69) is 5.10 Å². The van der Waals surface area contributed by atoms with Crippen LogP contribution < -0.4 is 4.83 Å². The molecule has 0 aliphatic heterocycles. The van der Waals surface area contributed by atoms with E-state index in [1.54, 1.807) is 12.1 Å². The standard InChI is InChI=1S/C14H13N3O5S/c1-10-2-5-13(6-3-10)23(21,22)16-15-9-11-8-12(17(19)20)4-7-14(11)18/h2-9,16,18H,1H3/b15-9-. The third-order valence-corrected chi connectivity index (χ3v) is 4.17. The molecule has 0 aliphatic carbocycles. The summed E-state index contributed by atoms with van der Waals surface area (Å²) in [6.45, 7) is 1.83. The number of hydrogen-bond donors (Lipinski definition) is 2. The molecule has 2 rings (SSSR count). The van der Waals surface area contributed by atoms with Gasteiger partial charge in [-0.25, -0.2) is 4.83 Å². The molecule has 8 nitrogen and oxygen atoms in total. The summed E-state index contributed by atoms with van der Waals surface area (Å²) in [5.41, 5.74) is 0.686. The minimum absolute atomic E-state index is 0.0193. The van der Waals surface area contributed by atoms with Gasteiger partial charge in [0.05, 0.1) is 16.0 Å². The maximum atomic E-state index is 12.0. The van der Waals surface area contributed by atoms with Crippen molar-refractivity contribution in [2.45, 2.75) is 11.8 Å². The van der Waals surface area contributed by atoms with Crippen molar-refractivity contribution in [3.8, 4) is 5.75 Å². The minimum atomic E-state index is -3.85. The molecule has 120 valence electrons. The fourth-order valence-corrected chi connectivity index (χ4v) is 2.49. The number of hydrazone groups is 1. The Bertz CT molecular complexity index is 860. The second-order valence-corrected chi connectivity index (χ2v) is 6.33. The van der Waals surface area contributed by atoms with Crippen LogP contribution in [0.15, 0.2) is 52.5 Å². The number of hydrogen-bond acceptors (Lipinski definition) is 6. The molecule has 2 N–H and O–H groups in total. The maximum Gasteiger partial charge on any atom is 0.276 e. The lowest BCUT2D eigenvalue weighted by molar-refractivity contribution is -0.384. The van der Waals surface area contributed by atoms with Crippen LogP contribution in [0, 0.1) is 17.0 Å². The molecule has 0 spiro atoms. The fraction of sp³-hybridized carbons (Fsp3) is 0.0714. The Hall–Kier alpha value is -2.94. The van der Waals surface area contributed by atoms with E-state index in [-0.39, 0.29) is 21.9 Å². The van der Waals surface area contributed by atoms with Gasteiger partial charge in [0, 0.05) is 17.7 Å². The predicted octanol–water partition coefficient (Wildman–Crippen LogP) is 1.92. The monoisotopic (exact) mass is 335 g/mol. The number of aromatic hydroxyl groups is 1. The molecular formula is C14H13N3O5S. The van der Waals surface area contributed by atoms with E-state index in [4.69, 9.17) is 0 Å². The molecule has 23 heavy (non-hydrogen) atoms. The topological polar surface area (TPSA) is 122 Å². The molecule has 0 radical (unpaired) electrons. The van der Waals surface area contributed by atoms with Gasteiger partial charge in [-0.15, -0.1) is 0 Å². The van der Waals surface area contributed by atoms with Gasteiger partial charge in [-0.1, -0.05) is 17.7 Å². The molecule has 0 amide bonds. The van der Waals surface area contributed by atoms with Crippen molar-refractivity contribution in [3.63, 3.8) is 0 Å². The summed E-state index contributed by atoms with van der Waals surface area (Å²) >= 11 is 0. The molecule has 2 aromatic carbocycles. The van der Waals surface area contributed by atoms with Crippen molar-refractivity contribution in [3.05, 3.63) is 63.7 Å².